The molecule has 84 valence electrons. The Balaban J connectivity index is 2.44. The van der Waals surface area contributed by atoms with E-state index in [0.717, 1.165) is 5.56 Å². The van der Waals surface area contributed by atoms with Crippen LogP contribution in [0, 0.1) is 6.92 Å². The summed E-state index contributed by atoms with van der Waals surface area (Å²) in [5.41, 5.74) is 1.28. The second kappa shape index (κ2) is 3.62. The maximum absolute atomic E-state index is 12.2. The third-order valence-corrected chi connectivity index (χ3v) is 2.04. The molecule has 2 rings (SSSR count). The Bertz CT molecular complexity index is 505. The van der Waals surface area contributed by atoms with E-state index in [9.17, 15) is 13.2 Å². The molecule has 0 spiro atoms. The highest BCUT2D eigenvalue weighted by Gasteiger charge is 2.38. The van der Waals surface area contributed by atoms with Crippen molar-refractivity contribution in [2.45, 2.75) is 13.1 Å². The molecule has 0 aliphatic heterocycles. The van der Waals surface area contributed by atoms with Gasteiger partial charge in [0.15, 0.2) is 0 Å². The molecule has 16 heavy (non-hydrogen) atoms. The largest absolute Gasteiger partial charge is 0.470 e. The Morgan fingerprint density at radius 3 is 2.38 bits per heavy atom. The van der Waals surface area contributed by atoms with Crippen LogP contribution in [0.15, 0.2) is 28.7 Å². The molecule has 0 atom stereocenters. The van der Waals surface area contributed by atoms with E-state index in [4.69, 9.17) is 0 Å². The second-order valence-electron chi connectivity index (χ2n) is 3.23. The summed E-state index contributed by atoms with van der Waals surface area (Å²) < 4.78 is 41.2. The summed E-state index contributed by atoms with van der Waals surface area (Å²) in [5.74, 6) is -1.45. The number of nitrogens with zero attached hydrogens (tertiary/aromatic N) is 2. The van der Waals surface area contributed by atoms with Crippen molar-refractivity contribution in [2.75, 3.05) is 0 Å². The van der Waals surface area contributed by atoms with E-state index < -0.39 is 12.1 Å². The number of hydrogen-bond donors (Lipinski definition) is 0. The van der Waals surface area contributed by atoms with Crippen molar-refractivity contribution in [3.8, 4) is 11.5 Å². The van der Waals surface area contributed by atoms with Crippen LogP contribution in [0.5, 0.6) is 0 Å². The standard InChI is InChI=1S/C10H7F3N2O/c1-6-4-2-3-5-7(6)8-14-15-9(16-8)10(11,12)13/h2-5H,1H3. The van der Waals surface area contributed by atoms with Gasteiger partial charge in [0.2, 0.25) is 5.89 Å². The van der Waals surface area contributed by atoms with Crippen LogP contribution < -0.4 is 0 Å². The predicted molar refractivity (Wildman–Crippen MR) is 49.5 cm³/mol. The Labute approximate surface area is 88.9 Å². The Kier molecular flexibility index (Phi) is 2.41. The lowest BCUT2D eigenvalue weighted by atomic mass is 10.1. The van der Waals surface area contributed by atoms with Crippen LogP contribution in [-0.2, 0) is 6.18 Å². The molecule has 0 aliphatic rings. The minimum atomic E-state index is -4.60. The normalized spacial score (nSPS) is 11.8. The minimum Gasteiger partial charge on any atom is -0.413 e. The first-order valence-corrected chi connectivity index (χ1v) is 4.45. The number of aryl methyl sites for hydroxylation is 1. The minimum absolute atomic E-state index is 0.120. The summed E-state index contributed by atoms with van der Waals surface area (Å²) in [5, 5.41) is 6.34. The molecule has 1 heterocycles. The van der Waals surface area contributed by atoms with Gasteiger partial charge in [-0.25, -0.2) is 0 Å². The van der Waals surface area contributed by atoms with Crippen LogP contribution in [0.25, 0.3) is 11.5 Å². The van der Waals surface area contributed by atoms with Gasteiger partial charge in [-0.05, 0) is 18.6 Å². The first-order valence-electron chi connectivity index (χ1n) is 4.45. The molecule has 0 aliphatic carbocycles. The zero-order valence-electron chi connectivity index (χ0n) is 8.25. The second-order valence-corrected chi connectivity index (χ2v) is 3.23. The lowest BCUT2D eigenvalue weighted by Crippen LogP contribution is -2.04. The van der Waals surface area contributed by atoms with Gasteiger partial charge in [0.05, 0.1) is 0 Å². The molecule has 0 bridgehead atoms. The number of hydrogen-bond acceptors (Lipinski definition) is 3. The zero-order chi connectivity index (χ0) is 11.8. The van der Waals surface area contributed by atoms with Gasteiger partial charge in [0.25, 0.3) is 0 Å². The van der Waals surface area contributed by atoms with Crippen LogP contribution in [0.2, 0.25) is 0 Å². The molecule has 0 saturated heterocycles. The number of alkyl halides is 3. The topological polar surface area (TPSA) is 38.9 Å². The van der Waals surface area contributed by atoms with E-state index in [1.165, 1.54) is 0 Å². The zero-order valence-corrected chi connectivity index (χ0v) is 8.25. The summed E-state index contributed by atoms with van der Waals surface area (Å²) in [7, 11) is 0. The molecular formula is C10H7F3N2O. The van der Waals surface area contributed by atoms with Gasteiger partial charge in [-0.2, -0.15) is 13.2 Å². The van der Waals surface area contributed by atoms with Gasteiger partial charge >= 0.3 is 12.1 Å². The van der Waals surface area contributed by atoms with E-state index in [1.807, 2.05) is 0 Å². The molecular weight excluding hydrogens is 221 g/mol. The Morgan fingerprint density at radius 2 is 1.81 bits per heavy atom. The van der Waals surface area contributed by atoms with Crippen molar-refractivity contribution in [3.05, 3.63) is 35.7 Å². The van der Waals surface area contributed by atoms with Crippen molar-refractivity contribution < 1.29 is 17.6 Å². The predicted octanol–water partition coefficient (Wildman–Crippen LogP) is 3.06. The van der Waals surface area contributed by atoms with Crippen molar-refractivity contribution >= 4 is 0 Å². The molecule has 3 nitrogen and oxygen atoms in total. The van der Waals surface area contributed by atoms with Crippen LogP contribution in [0.1, 0.15) is 11.5 Å². The Hall–Kier alpha value is -1.85. The smallest absolute Gasteiger partial charge is 0.413 e. The summed E-state index contributed by atoms with van der Waals surface area (Å²) in [4.78, 5) is 0. The van der Waals surface area contributed by atoms with Crippen molar-refractivity contribution in [1.82, 2.24) is 10.2 Å². The molecule has 2 aromatic rings. The fourth-order valence-corrected chi connectivity index (χ4v) is 1.26. The molecule has 0 N–H and O–H groups in total. The average molecular weight is 228 g/mol. The molecule has 0 unspecified atom stereocenters. The van der Waals surface area contributed by atoms with Crippen molar-refractivity contribution in [1.29, 1.82) is 0 Å². The summed E-state index contributed by atoms with van der Waals surface area (Å²) in [6.07, 6.45) is -4.60. The SMILES string of the molecule is Cc1ccccc1-c1nnc(C(F)(F)F)o1. The van der Waals surface area contributed by atoms with Crippen molar-refractivity contribution in [3.63, 3.8) is 0 Å². The molecule has 0 saturated carbocycles. The molecule has 1 aromatic heterocycles. The highest BCUT2D eigenvalue weighted by Crippen LogP contribution is 2.30. The summed E-state index contributed by atoms with van der Waals surface area (Å²) >= 11 is 0. The van der Waals surface area contributed by atoms with E-state index in [2.05, 4.69) is 14.6 Å². The quantitative estimate of drug-likeness (QED) is 0.752. The van der Waals surface area contributed by atoms with E-state index >= 15 is 0 Å². The maximum Gasteiger partial charge on any atom is 0.470 e. The molecule has 0 fully saturated rings. The lowest BCUT2D eigenvalue weighted by Gasteiger charge is -2.00. The third kappa shape index (κ3) is 1.91. The Morgan fingerprint density at radius 1 is 1.12 bits per heavy atom. The molecule has 0 amide bonds. The van der Waals surface area contributed by atoms with Crippen molar-refractivity contribution in [2.24, 2.45) is 0 Å². The van der Waals surface area contributed by atoms with Gasteiger partial charge in [0.1, 0.15) is 0 Å². The van der Waals surface area contributed by atoms with Gasteiger partial charge < -0.3 is 4.42 Å². The number of rotatable bonds is 1. The van der Waals surface area contributed by atoms with Crippen LogP contribution >= 0.6 is 0 Å². The average Bonchev–Trinajstić information content (AvgIpc) is 2.66. The summed E-state index contributed by atoms with van der Waals surface area (Å²) in [6, 6.07) is 6.86. The molecule has 0 radical (unpaired) electrons. The highest BCUT2D eigenvalue weighted by molar-refractivity contribution is 5.57. The van der Waals surface area contributed by atoms with E-state index in [0.29, 0.717) is 5.56 Å². The summed E-state index contributed by atoms with van der Waals surface area (Å²) in [6.45, 7) is 1.76. The highest BCUT2D eigenvalue weighted by atomic mass is 19.4. The van der Waals surface area contributed by atoms with Crippen LogP contribution in [0.3, 0.4) is 0 Å². The first kappa shape index (κ1) is 10.7. The maximum atomic E-state index is 12.2. The fraction of sp³-hybridized carbons (Fsp3) is 0.200. The monoisotopic (exact) mass is 228 g/mol. The van der Waals surface area contributed by atoms with Gasteiger partial charge in [-0.3, -0.25) is 0 Å². The molecule has 6 heteroatoms. The number of benzene rings is 1. The number of halogens is 3. The van der Waals surface area contributed by atoms with E-state index in [1.54, 1.807) is 31.2 Å². The first-order chi connectivity index (χ1) is 7.48. The van der Waals surface area contributed by atoms with Gasteiger partial charge in [-0.1, -0.05) is 18.2 Å². The van der Waals surface area contributed by atoms with Gasteiger partial charge in [0, 0.05) is 5.56 Å². The fourth-order valence-electron chi connectivity index (χ4n) is 1.26. The molecule has 1 aromatic carbocycles. The van der Waals surface area contributed by atoms with Gasteiger partial charge in [-0.15, -0.1) is 10.2 Å². The van der Waals surface area contributed by atoms with Crippen LogP contribution in [0.4, 0.5) is 13.2 Å². The van der Waals surface area contributed by atoms with Crippen LogP contribution in [-0.4, -0.2) is 10.2 Å². The number of aromatic nitrogens is 2. The lowest BCUT2D eigenvalue weighted by molar-refractivity contribution is -0.156. The third-order valence-electron chi connectivity index (χ3n) is 2.04. The van der Waals surface area contributed by atoms with E-state index in [-0.39, 0.29) is 5.89 Å².